The molecule has 1 heterocycles. The molecule has 1 aliphatic rings. The van der Waals surface area contributed by atoms with E-state index in [0.717, 1.165) is 25.8 Å². The molecular weight excluding hydrogens is 272 g/mol. The van der Waals surface area contributed by atoms with Gasteiger partial charge >= 0.3 is 5.97 Å². The van der Waals surface area contributed by atoms with E-state index < -0.39 is 5.97 Å². The molecular formula is C15H20N2O4. The van der Waals surface area contributed by atoms with Crippen molar-refractivity contribution in [3.63, 3.8) is 0 Å². The minimum absolute atomic E-state index is 0.157. The number of carboxylic acids is 1. The molecule has 0 radical (unpaired) electrons. The second-order valence-corrected chi connectivity index (χ2v) is 5.33. The van der Waals surface area contributed by atoms with Gasteiger partial charge in [0.25, 0.3) is 0 Å². The number of benzene rings is 1. The summed E-state index contributed by atoms with van der Waals surface area (Å²) in [5.74, 6) is -1.17. The van der Waals surface area contributed by atoms with Gasteiger partial charge in [0.05, 0.1) is 6.04 Å². The Balaban J connectivity index is 2.02. The number of hydrogen-bond acceptors (Lipinski definition) is 4. The lowest BCUT2D eigenvalue weighted by molar-refractivity contribution is -0.119. The zero-order chi connectivity index (χ0) is 15.4. The molecule has 6 nitrogen and oxygen atoms in total. The topological polar surface area (TPSA) is 98.7 Å². The van der Waals surface area contributed by atoms with Gasteiger partial charge < -0.3 is 20.8 Å². The fourth-order valence-corrected chi connectivity index (χ4v) is 2.59. The number of amides is 1. The molecule has 1 aromatic carbocycles. The van der Waals surface area contributed by atoms with E-state index in [1.165, 1.54) is 18.2 Å². The van der Waals surface area contributed by atoms with Crippen LogP contribution in [0.25, 0.3) is 0 Å². The number of nitrogens with one attached hydrogen (secondary N) is 2. The van der Waals surface area contributed by atoms with Crippen LogP contribution in [-0.4, -0.2) is 34.7 Å². The van der Waals surface area contributed by atoms with Crippen molar-refractivity contribution in [3.8, 4) is 5.75 Å². The molecule has 1 aromatic rings. The van der Waals surface area contributed by atoms with E-state index in [0.29, 0.717) is 11.6 Å². The highest BCUT2D eigenvalue weighted by Crippen LogP contribution is 2.23. The number of carboxylic acid groups (broad SMARTS) is 1. The first-order valence-corrected chi connectivity index (χ1v) is 7.11. The highest BCUT2D eigenvalue weighted by Gasteiger charge is 2.26. The highest BCUT2D eigenvalue weighted by molar-refractivity contribution is 5.96. The third-order valence-electron chi connectivity index (χ3n) is 3.90. The number of rotatable bonds is 4. The molecule has 4 N–H and O–H groups in total. The minimum Gasteiger partial charge on any atom is -0.507 e. The molecule has 0 aliphatic carbocycles. The summed E-state index contributed by atoms with van der Waals surface area (Å²) in [6.45, 7) is 2.94. The van der Waals surface area contributed by atoms with Crippen molar-refractivity contribution in [1.29, 1.82) is 0 Å². The average Bonchev–Trinajstić information content (AvgIpc) is 2.47. The van der Waals surface area contributed by atoms with Gasteiger partial charge in [0.1, 0.15) is 11.3 Å². The van der Waals surface area contributed by atoms with Crippen molar-refractivity contribution in [2.75, 3.05) is 11.9 Å². The lowest BCUT2D eigenvalue weighted by atomic mass is 9.90. The smallest absolute Gasteiger partial charge is 0.339 e. The first-order chi connectivity index (χ1) is 10.0. The Morgan fingerprint density at radius 1 is 1.43 bits per heavy atom. The second kappa shape index (κ2) is 6.58. The number of carbonyl (C=O) groups excluding carboxylic acids is 1. The second-order valence-electron chi connectivity index (χ2n) is 5.33. The summed E-state index contributed by atoms with van der Waals surface area (Å²) >= 11 is 0. The lowest BCUT2D eigenvalue weighted by Gasteiger charge is -2.28. The Labute approximate surface area is 123 Å². The van der Waals surface area contributed by atoms with Gasteiger partial charge in [-0.05, 0) is 37.4 Å². The Morgan fingerprint density at radius 3 is 2.81 bits per heavy atom. The Bertz CT molecular complexity index is 544. The molecule has 2 atom stereocenters. The quantitative estimate of drug-likeness (QED) is 0.678. The SMILES string of the molecule is CCC1CCNC(C(=O)Nc2ccc(C(=O)O)c(O)c2)C1. The molecule has 1 saturated heterocycles. The monoisotopic (exact) mass is 292 g/mol. The number of carbonyl (C=O) groups is 2. The van der Waals surface area contributed by atoms with Gasteiger partial charge in [-0.15, -0.1) is 0 Å². The van der Waals surface area contributed by atoms with Crippen LogP contribution in [0.3, 0.4) is 0 Å². The molecule has 6 heteroatoms. The number of phenols is 1. The fraction of sp³-hybridized carbons (Fsp3) is 0.467. The van der Waals surface area contributed by atoms with Crippen molar-refractivity contribution in [2.45, 2.75) is 32.2 Å². The van der Waals surface area contributed by atoms with E-state index in [4.69, 9.17) is 5.11 Å². The van der Waals surface area contributed by atoms with Gasteiger partial charge in [0.15, 0.2) is 0 Å². The van der Waals surface area contributed by atoms with Gasteiger partial charge in [0, 0.05) is 11.8 Å². The normalized spacial score (nSPS) is 21.8. The largest absolute Gasteiger partial charge is 0.507 e. The van der Waals surface area contributed by atoms with E-state index in [1.807, 2.05) is 0 Å². The van der Waals surface area contributed by atoms with Gasteiger partial charge in [-0.25, -0.2) is 4.79 Å². The summed E-state index contributed by atoms with van der Waals surface area (Å²) in [5, 5.41) is 24.3. The fourth-order valence-electron chi connectivity index (χ4n) is 2.59. The number of hydrogen-bond donors (Lipinski definition) is 4. The molecule has 2 unspecified atom stereocenters. The number of aromatic carboxylic acids is 1. The van der Waals surface area contributed by atoms with Crippen molar-refractivity contribution < 1.29 is 19.8 Å². The van der Waals surface area contributed by atoms with Crippen LogP contribution in [-0.2, 0) is 4.79 Å². The van der Waals surface area contributed by atoms with E-state index in [2.05, 4.69) is 17.6 Å². The molecule has 114 valence electrons. The molecule has 21 heavy (non-hydrogen) atoms. The number of anilines is 1. The van der Waals surface area contributed by atoms with Crippen LogP contribution >= 0.6 is 0 Å². The molecule has 0 spiro atoms. The van der Waals surface area contributed by atoms with Gasteiger partial charge in [-0.2, -0.15) is 0 Å². The maximum absolute atomic E-state index is 12.2. The summed E-state index contributed by atoms with van der Waals surface area (Å²) in [6.07, 6.45) is 2.93. The summed E-state index contributed by atoms with van der Waals surface area (Å²) < 4.78 is 0. The Morgan fingerprint density at radius 2 is 2.19 bits per heavy atom. The molecule has 1 aliphatic heterocycles. The average molecular weight is 292 g/mol. The molecule has 0 aromatic heterocycles. The molecule has 0 bridgehead atoms. The summed E-state index contributed by atoms with van der Waals surface area (Å²) in [7, 11) is 0. The minimum atomic E-state index is -1.20. The van der Waals surface area contributed by atoms with Gasteiger partial charge in [-0.1, -0.05) is 13.3 Å². The maximum Gasteiger partial charge on any atom is 0.339 e. The third-order valence-corrected chi connectivity index (χ3v) is 3.90. The Kier molecular flexibility index (Phi) is 4.80. The van der Waals surface area contributed by atoms with Crippen molar-refractivity contribution in [2.24, 2.45) is 5.92 Å². The first kappa shape index (κ1) is 15.3. The van der Waals surface area contributed by atoms with Crippen LogP contribution in [0.2, 0.25) is 0 Å². The number of aromatic hydroxyl groups is 1. The highest BCUT2D eigenvalue weighted by atomic mass is 16.4. The van der Waals surface area contributed by atoms with Crippen LogP contribution < -0.4 is 10.6 Å². The molecule has 0 saturated carbocycles. The standard InChI is InChI=1S/C15H20N2O4/c1-2-9-5-6-16-12(7-9)14(19)17-10-3-4-11(15(20)21)13(18)8-10/h3-4,8-9,12,16,18H,2,5-7H2,1H3,(H,17,19)(H,20,21). The predicted octanol–water partition coefficient (Wildman–Crippen LogP) is 1.81. The van der Waals surface area contributed by atoms with Crippen molar-refractivity contribution in [3.05, 3.63) is 23.8 Å². The first-order valence-electron chi connectivity index (χ1n) is 7.11. The molecule has 2 rings (SSSR count). The van der Waals surface area contributed by atoms with Gasteiger partial charge in [-0.3, -0.25) is 4.79 Å². The molecule has 1 fully saturated rings. The predicted molar refractivity (Wildman–Crippen MR) is 78.5 cm³/mol. The number of piperidine rings is 1. The van der Waals surface area contributed by atoms with Gasteiger partial charge in [0.2, 0.25) is 5.91 Å². The summed E-state index contributed by atoms with van der Waals surface area (Å²) in [6, 6.07) is 3.75. The van der Waals surface area contributed by atoms with E-state index in [9.17, 15) is 14.7 Å². The van der Waals surface area contributed by atoms with E-state index in [1.54, 1.807) is 0 Å². The zero-order valence-corrected chi connectivity index (χ0v) is 11.9. The Hall–Kier alpha value is -2.08. The summed E-state index contributed by atoms with van der Waals surface area (Å²) in [5.41, 5.74) is 0.206. The van der Waals surface area contributed by atoms with Crippen LogP contribution in [0.4, 0.5) is 5.69 Å². The molecule has 1 amide bonds. The zero-order valence-electron chi connectivity index (χ0n) is 11.9. The summed E-state index contributed by atoms with van der Waals surface area (Å²) in [4.78, 5) is 23.0. The van der Waals surface area contributed by atoms with Crippen LogP contribution in [0.1, 0.15) is 36.5 Å². The maximum atomic E-state index is 12.2. The van der Waals surface area contributed by atoms with Crippen molar-refractivity contribution in [1.82, 2.24) is 5.32 Å². The van der Waals surface area contributed by atoms with E-state index in [-0.39, 0.29) is 23.3 Å². The van der Waals surface area contributed by atoms with Crippen molar-refractivity contribution >= 4 is 17.6 Å². The lowest BCUT2D eigenvalue weighted by Crippen LogP contribution is -2.46. The van der Waals surface area contributed by atoms with Crippen LogP contribution in [0, 0.1) is 5.92 Å². The van der Waals surface area contributed by atoms with Crippen LogP contribution in [0.5, 0.6) is 5.75 Å². The third kappa shape index (κ3) is 3.72. The van der Waals surface area contributed by atoms with E-state index >= 15 is 0 Å². The van der Waals surface area contributed by atoms with Crippen LogP contribution in [0.15, 0.2) is 18.2 Å².